The molecule has 0 bridgehead atoms. The summed E-state index contributed by atoms with van der Waals surface area (Å²) in [5.41, 5.74) is 1.69. The highest BCUT2D eigenvalue weighted by molar-refractivity contribution is 6.31. The normalized spacial score (nSPS) is 11.6. The Morgan fingerprint density at radius 3 is 2.40 bits per heavy atom. The lowest BCUT2D eigenvalue weighted by Crippen LogP contribution is -2.49. The molecular formula is C24H31ClN2O3. The van der Waals surface area contributed by atoms with Gasteiger partial charge in [0.2, 0.25) is 11.8 Å². The van der Waals surface area contributed by atoms with Crippen molar-refractivity contribution in [2.45, 2.75) is 52.1 Å². The number of hydrogen-bond acceptors (Lipinski definition) is 3. The van der Waals surface area contributed by atoms with E-state index in [-0.39, 0.29) is 18.2 Å². The molecule has 0 aliphatic rings. The minimum absolute atomic E-state index is 0.119. The van der Waals surface area contributed by atoms with Crippen LogP contribution in [0.2, 0.25) is 5.02 Å². The average Bonchev–Trinajstić information content (AvgIpc) is 2.75. The van der Waals surface area contributed by atoms with E-state index in [0.29, 0.717) is 24.5 Å². The van der Waals surface area contributed by atoms with Crippen molar-refractivity contribution in [2.75, 3.05) is 13.7 Å². The third-order valence-corrected chi connectivity index (χ3v) is 5.40. The number of amides is 2. The summed E-state index contributed by atoms with van der Waals surface area (Å²) in [6, 6.07) is 14.3. The second kappa shape index (κ2) is 12.2. The Hall–Kier alpha value is -2.53. The lowest BCUT2D eigenvalue weighted by Gasteiger charge is -2.31. The van der Waals surface area contributed by atoms with Crippen molar-refractivity contribution in [3.05, 3.63) is 64.7 Å². The molecule has 2 rings (SSSR count). The zero-order valence-electron chi connectivity index (χ0n) is 18.0. The molecule has 6 heteroatoms. The number of carbonyl (C=O) groups is 2. The fraction of sp³-hybridized carbons (Fsp3) is 0.417. The minimum atomic E-state index is -0.543. The molecule has 0 unspecified atom stereocenters. The van der Waals surface area contributed by atoms with Gasteiger partial charge in [-0.1, -0.05) is 62.2 Å². The molecule has 0 heterocycles. The van der Waals surface area contributed by atoms with E-state index in [1.165, 1.54) is 0 Å². The highest BCUT2D eigenvalue weighted by Gasteiger charge is 2.28. The van der Waals surface area contributed by atoms with Gasteiger partial charge in [0.05, 0.1) is 13.5 Å². The number of nitrogens with one attached hydrogen (secondary N) is 1. The Morgan fingerprint density at radius 1 is 1.10 bits per heavy atom. The lowest BCUT2D eigenvalue weighted by atomic mass is 10.1. The third kappa shape index (κ3) is 6.77. The second-order valence-electron chi connectivity index (χ2n) is 7.21. The molecule has 0 spiro atoms. The van der Waals surface area contributed by atoms with Crippen molar-refractivity contribution in [3.63, 3.8) is 0 Å². The first kappa shape index (κ1) is 23.7. The van der Waals surface area contributed by atoms with Gasteiger partial charge in [0.1, 0.15) is 11.8 Å². The zero-order valence-corrected chi connectivity index (χ0v) is 18.7. The molecule has 2 aromatic carbocycles. The standard InChI is InChI=1S/C24H31ClN2O3/c1-4-6-15-26-24(29)22(5-2)27(17-18-11-13-20(30-3)14-12-18)23(28)16-19-9-7-8-10-21(19)25/h7-14,22H,4-6,15-17H2,1-3H3,(H,26,29)/t22-/m1/s1. The molecule has 2 aromatic rings. The number of rotatable bonds is 11. The van der Waals surface area contributed by atoms with Gasteiger partial charge in [-0.2, -0.15) is 0 Å². The highest BCUT2D eigenvalue weighted by Crippen LogP contribution is 2.20. The molecule has 1 atom stereocenters. The molecule has 162 valence electrons. The predicted octanol–water partition coefficient (Wildman–Crippen LogP) is 4.61. The Balaban J connectivity index is 2.25. The number of benzene rings is 2. The van der Waals surface area contributed by atoms with E-state index in [9.17, 15) is 9.59 Å². The van der Waals surface area contributed by atoms with Crippen LogP contribution in [0.4, 0.5) is 0 Å². The molecular weight excluding hydrogens is 400 g/mol. The van der Waals surface area contributed by atoms with E-state index in [4.69, 9.17) is 16.3 Å². The smallest absolute Gasteiger partial charge is 0.242 e. The first-order valence-electron chi connectivity index (χ1n) is 10.4. The molecule has 2 amide bonds. The molecule has 0 saturated heterocycles. The van der Waals surface area contributed by atoms with Gasteiger partial charge in [-0.25, -0.2) is 0 Å². The van der Waals surface area contributed by atoms with Crippen LogP contribution >= 0.6 is 11.6 Å². The van der Waals surface area contributed by atoms with E-state index in [2.05, 4.69) is 12.2 Å². The summed E-state index contributed by atoms with van der Waals surface area (Å²) >= 11 is 6.26. The number of halogens is 1. The Bertz CT molecular complexity index is 823. The zero-order chi connectivity index (χ0) is 21.9. The van der Waals surface area contributed by atoms with Gasteiger partial charge < -0.3 is 15.0 Å². The largest absolute Gasteiger partial charge is 0.497 e. The second-order valence-corrected chi connectivity index (χ2v) is 7.61. The quantitative estimate of drug-likeness (QED) is 0.529. The van der Waals surface area contributed by atoms with Gasteiger partial charge in [-0.15, -0.1) is 0 Å². The number of methoxy groups -OCH3 is 1. The van der Waals surface area contributed by atoms with Crippen LogP contribution in [0, 0.1) is 0 Å². The topological polar surface area (TPSA) is 58.6 Å². The van der Waals surface area contributed by atoms with Crippen molar-refractivity contribution in [1.29, 1.82) is 0 Å². The molecule has 1 N–H and O–H groups in total. The van der Waals surface area contributed by atoms with E-state index in [0.717, 1.165) is 29.7 Å². The van der Waals surface area contributed by atoms with Crippen LogP contribution in [0.5, 0.6) is 5.75 Å². The number of carbonyl (C=O) groups excluding carboxylic acids is 2. The van der Waals surface area contributed by atoms with Gasteiger partial charge in [0.25, 0.3) is 0 Å². The van der Waals surface area contributed by atoms with Crippen molar-refractivity contribution in [1.82, 2.24) is 10.2 Å². The molecule has 5 nitrogen and oxygen atoms in total. The van der Waals surface area contributed by atoms with Crippen LogP contribution in [0.25, 0.3) is 0 Å². The summed E-state index contributed by atoms with van der Waals surface area (Å²) in [5.74, 6) is 0.500. The van der Waals surface area contributed by atoms with Crippen LogP contribution in [0.1, 0.15) is 44.2 Å². The summed E-state index contributed by atoms with van der Waals surface area (Å²) in [5, 5.41) is 3.52. The summed E-state index contributed by atoms with van der Waals surface area (Å²) in [6.45, 7) is 4.95. The first-order valence-corrected chi connectivity index (χ1v) is 10.8. The molecule has 0 saturated carbocycles. The van der Waals surface area contributed by atoms with Crippen molar-refractivity contribution in [2.24, 2.45) is 0 Å². The van der Waals surface area contributed by atoms with Crippen molar-refractivity contribution < 1.29 is 14.3 Å². The van der Waals surface area contributed by atoms with Crippen LogP contribution in [-0.4, -0.2) is 36.4 Å². The minimum Gasteiger partial charge on any atom is -0.497 e. The number of hydrogen-bond donors (Lipinski definition) is 1. The lowest BCUT2D eigenvalue weighted by molar-refractivity contribution is -0.140. The summed E-state index contributed by atoms with van der Waals surface area (Å²) < 4.78 is 5.22. The predicted molar refractivity (Wildman–Crippen MR) is 121 cm³/mol. The maximum Gasteiger partial charge on any atom is 0.242 e. The maximum atomic E-state index is 13.3. The SMILES string of the molecule is CCCCNC(=O)[C@@H](CC)N(Cc1ccc(OC)cc1)C(=O)Cc1ccccc1Cl. The molecule has 0 aromatic heterocycles. The Kier molecular flexibility index (Phi) is 9.68. The fourth-order valence-corrected chi connectivity index (χ4v) is 3.46. The third-order valence-electron chi connectivity index (χ3n) is 5.03. The van der Waals surface area contributed by atoms with E-state index < -0.39 is 6.04 Å². The van der Waals surface area contributed by atoms with E-state index >= 15 is 0 Å². The fourth-order valence-electron chi connectivity index (χ4n) is 3.26. The molecule has 0 aliphatic carbocycles. The van der Waals surface area contributed by atoms with Crippen molar-refractivity contribution >= 4 is 23.4 Å². The molecule has 30 heavy (non-hydrogen) atoms. The first-order chi connectivity index (χ1) is 14.5. The van der Waals surface area contributed by atoms with Gasteiger partial charge in [-0.3, -0.25) is 9.59 Å². The van der Waals surface area contributed by atoms with Gasteiger partial charge in [0.15, 0.2) is 0 Å². The van der Waals surface area contributed by atoms with E-state index in [1.807, 2.05) is 49.4 Å². The molecule has 0 aliphatic heterocycles. The molecule has 0 fully saturated rings. The van der Waals surface area contributed by atoms with Crippen molar-refractivity contribution in [3.8, 4) is 5.75 Å². The van der Waals surface area contributed by atoms with Crippen LogP contribution in [-0.2, 0) is 22.6 Å². The monoisotopic (exact) mass is 430 g/mol. The number of unbranched alkanes of at least 4 members (excludes halogenated alkanes) is 1. The summed E-state index contributed by atoms with van der Waals surface area (Å²) in [7, 11) is 1.61. The summed E-state index contributed by atoms with van der Waals surface area (Å²) in [6.07, 6.45) is 2.59. The van der Waals surface area contributed by atoms with Crippen LogP contribution in [0.15, 0.2) is 48.5 Å². The van der Waals surface area contributed by atoms with Crippen LogP contribution < -0.4 is 10.1 Å². The Labute approximate surface area is 184 Å². The number of nitrogens with zero attached hydrogens (tertiary/aromatic N) is 1. The van der Waals surface area contributed by atoms with Gasteiger partial charge >= 0.3 is 0 Å². The van der Waals surface area contributed by atoms with Gasteiger partial charge in [-0.05, 0) is 42.2 Å². The Morgan fingerprint density at radius 2 is 1.80 bits per heavy atom. The highest BCUT2D eigenvalue weighted by atomic mass is 35.5. The van der Waals surface area contributed by atoms with Crippen LogP contribution in [0.3, 0.4) is 0 Å². The maximum absolute atomic E-state index is 13.3. The molecule has 0 radical (unpaired) electrons. The summed E-state index contributed by atoms with van der Waals surface area (Å²) in [4.78, 5) is 27.8. The van der Waals surface area contributed by atoms with E-state index in [1.54, 1.807) is 18.1 Å². The average molecular weight is 431 g/mol. The van der Waals surface area contributed by atoms with Gasteiger partial charge in [0, 0.05) is 18.1 Å². The number of ether oxygens (including phenoxy) is 1.